The van der Waals surface area contributed by atoms with Gasteiger partial charge in [0.15, 0.2) is 11.3 Å². The number of hydrogen-bond donors (Lipinski definition) is 1. The Labute approximate surface area is 192 Å². The van der Waals surface area contributed by atoms with Crippen molar-refractivity contribution >= 4 is 35.1 Å². The SMILES string of the molecule is CC(=O)N1c2ccccc2C(=O)[C@@H]1[C@]1(NC(=O)OC(C)(C)C)C(=O)N(C)c2ccc(C)cc21. The number of likely N-dealkylation sites (N-methyl/N-ethyl adjacent to an activating group) is 1. The van der Waals surface area contributed by atoms with E-state index in [0.717, 1.165) is 5.56 Å². The molecule has 2 aromatic rings. The van der Waals surface area contributed by atoms with Crippen LogP contribution in [0.5, 0.6) is 0 Å². The van der Waals surface area contributed by atoms with E-state index in [1.807, 2.05) is 13.0 Å². The summed E-state index contributed by atoms with van der Waals surface area (Å²) in [5, 5.41) is 2.74. The minimum absolute atomic E-state index is 0.319. The molecule has 4 rings (SSSR count). The number of hydrogen-bond acceptors (Lipinski definition) is 5. The third kappa shape index (κ3) is 3.37. The molecule has 0 aromatic heterocycles. The Morgan fingerprint density at radius 3 is 2.36 bits per heavy atom. The van der Waals surface area contributed by atoms with Crippen molar-refractivity contribution in [2.24, 2.45) is 0 Å². The summed E-state index contributed by atoms with van der Waals surface area (Å²) in [5.74, 6) is -1.36. The van der Waals surface area contributed by atoms with Crippen molar-refractivity contribution in [1.29, 1.82) is 0 Å². The normalized spacial score (nSPS) is 21.7. The molecule has 0 fully saturated rings. The number of ketones is 1. The Hall–Kier alpha value is -3.68. The lowest BCUT2D eigenvalue weighted by atomic mass is 9.80. The zero-order valence-electron chi connectivity index (χ0n) is 19.6. The monoisotopic (exact) mass is 449 g/mol. The van der Waals surface area contributed by atoms with Crippen LogP contribution in [-0.2, 0) is 19.9 Å². The van der Waals surface area contributed by atoms with Gasteiger partial charge in [-0.25, -0.2) is 4.79 Å². The van der Waals surface area contributed by atoms with Gasteiger partial charge in [0.2, 0.25) is 5.91 Å². The Bertz CT molecular complexity index is 1200. The van der Waals surface area contributed by atoms with Gasteiger partial charge < -0.3 is 15.0 Å². The number of alkyl carbamates (subject to hydrolysis) is 1. The van der Waals surface area contributed by atoms with E-state index >= 15 is 0 Å². The average molecular weight is 450 g/mol. The minimum atomic E-state index is -1.86. The summed E-state index contributed by atoms with van der Waals surface area (Å²) in [5.41, 5.74) is -0.143. The zero-order valence-corrected chi connectivity index (χ0v) is 19.6. The molecule has 0 unspecified atom stereocenters. The smallest absolute Gasteiger partial charge is 0.408 e. The van der Waals surface area contributed by atoms with Gasteiger partial charge in [-0.1, -0.05) is 29.8 Å². The van der Waals surface area contributed by atoms with Gasteiger partial charge in [-0.05, 0) is 45.9 Å². The first-order valence-electron chi connectivity index (χ1n) is 10.7. The van der Waals surface area contributed by atoms with E-state index in [4.69, 9.17) is 4.74 Å². The van der Waals surface area contributed by atoms with Gasteiger partial charge >= 0.3 is 6.09 Å². The third-order valence-corrected chi connectivity index (χ3v) is 5.96. The fraction of sp³-hybridized carbons (Fsp3) is 0.360. The number of para-hydroxylation sites is 1. The Balaban J connectivity index is 1.99. The van der Waals surface area contributed by atoms with Crippen molar-refractivity contribution in [3.63, 3.8) is 0 Å². The molecule has 2 atom stereocenters. The number of fused-ring (bicyclic) bond motifs is 2. The lowest BCUT2D eigenvalue weighted by Gasteiger charge is -2.38. The number of nitrogens with one attached hydrogen (secondary N) is 1. The first-order chi connectivity index (χ1) is 15.4. The number of nitrogens with zero attached hydrogens (tertiary/aromatic N) is 2. The van der Waals surface area contributed by atoms with E-state index in [1.54, 1.807) is 64.2 Å². The maximum absolute atomic E-state index is 13.9. The summed E-state index contributed by atoms with van der Waals surface area (Å²) in [6.07, 6.45) is -0.856. The number of carbonyl (C=O) groups is 4. The van der Waals surface area contributed by atoms with Gasteiger partial charge in [-0.2, -0.15) is 0 Å². The van der Waals surface area contributed by atoms with Gasteiger partial charge in [-0.3, -0.25) is 19.3 Å². The second kappa shape index (κ2) is 7.43. The number of amides is 3. The molecule has 0 aliphatic carbocycles. The molecule has 1 N–H and O–H groups in total. The number of anilines is 2. The van der Waals surface area contributed by atoms with Crippen molar-refractivity contribution in [1.82, 2.24) is 5.32 Å². The number of ether oxygens (including phenoxy) is 1. The summed E-state index contributed by atoms with van der Waals surface area (Å²) in [6, 6.07) is 10.8. The highest BCUT2D eigenvalue weighted by Gasteiger charge is 2.63. The molecule has 0 saturated heterocycles. The number of rotatable bonds is 2. The number of Topliss-reactive ketones (excluding diaryl/α,β-unsaturated/α-hetero) is 1. The number of carbonyl (C=O) groups excluding carboxylic acids is 4. The van der Waals surface area contributed by atoms with E-state index in [2.05, 4.69) is 5.32 Å². The molecule has 8 nitrogen and oxygen atoms in total. The lowest BCUT2D eigenvalue weighted by molar-refractivity contribution is -0.125. The third-order valence-electron chi connectivity index (χ3n) is 5.96. The van der Waals surface area contributed by atoms with Crippen molar-refractivity contribution in [3.05, 3.63) is 59.2 Å². The highest BCUT2D eigenvalue weighted by Crippen LogP contribution is 2.48. The van der Waals surface area contributed by atoms with Crippen LogP contribution >= 0.6 is 0 Å². The molecule has 8 heteroatoms. The summed E-state index contributed by atoms with van der Waals surface area (Å²) >= 11 is 0. The van der Waals surface area contributed by atoms with Gasteiger partial charge in [0.1, 0.15) is 11.6 Å². The van der Waals surface area contributed by atoms with Gasteiger partial charge in [0.05, 0.1) is 5.69 Å². The van der Waals surface area contributed by atoms with E-state index in [1.165, 1.54) is 16.7 Å². The molecule has 33 heavy (non-hydrogen) atoms. The lowest BCUT2D eigenvalue weighted by Crippen LogP contribution is -2.66. The van der Waals surface area contributed by atoms with Crippen LogP contribution in [0, 0.1) is 6.92 Å². The highest BCUT2D eigenvalue weighted by atomic mass is 16.6. The van der Waals surface area contributed by atoms with Crippen molar-refractivity contribution < 1.29 is 23.9 Å². The number of aryl methyl sites for hydroxylation is 1. The summed E-state index contributed by atoms with van der Waals surface area (Å²) in [7, 11) is 1.58. The second-order valence-electron chi connectivity index (χ2n) is 9.49. The first-order valence-corrected chi connectivity index (χ1v) is 10.7. The predicted octanol–water partition coefficient (Wildman–Crippen LogP) is 3.31. The van der Waals surface area contributed by atoms with Crippen molar-refractivity contribution in [2.45, 2.75) is 51.8 Å². The van der Waals surface area contributed by atoms with Crippen molar-refractivity contribution in [2.75, 3.05) is 16.8 Å². The largest absolute Gasteiger partial charge is 0.444 e. The molecule has 3 amide bonds. The van der Waals surface area contributed by atoms with Crippen LogP contribution in [0.25, 0.3) is 0 Å². The highest BCUT2D eigenvalue weighted by molar-refractivity contribution is 6.23. The first kappa shape index (κ1) is 22.5. The Kier molecular flexibility index (Phi) is 5.07. The van der Waals surface area contributed by atoms with E-state index in [0.29, 0.717) is 22.5 Å². The summed E-state index contributed by atoms with van der Waals surface area (Å²) in [6.45, 7) is 8.31. The predicted molar refractivity (Wildman–Crippen MR) is 123 cm³/mol. The Morgan fingerprint density at radius 2 is 1.73 bits per heavy atom. The minimum Gasteiger partial charge on any atom is -0.444 e. The topological polar surface area (TPSA) is 96.0 Å². The molecule has 0 bridgehead atoms. The fourth-order valence-electron chi connectivity index (χ4n) is 4.70. The Morgan fingerprint density at radius 1 is 1.06 bits per heavy atom. The average Bonchev–Trinajstić information content (AvgIpc) is 3.12. The molecule has 0 spiro atoms. The molecule has 2 aliphatic heterocycles. The van der Waals surface area contributed by atoms with E-state index in [-0.39, 0.29) is 0 Å². The van der Waals surface area contributed by atoms with E-state index < -0.39 is 40.9 Å². The van der Waals surface area contributed by atoms with Gasteiger partial charge in [-0.15, -0.1) is 0 Å². The van der Waals surface area contributed by atoms with Crippen LogP contribution in [0.1, 0.15) is 49.2 Å². The fourth-order valence-corrected chi connectivity index (χ4v) is 4.70. The van der Waals surface area contributed by atoms with Gasteiger partial charge in [0, 0.05) is 30.8 Å². The van der Waals surface area contributed by atoms with Crippen LogP contribution in [0.15, 0.2) is 42.5 Å². The van der Waals surface area contributed by atoms with Crippen LogP contribution in [0.3, 0.4) is 0 Å². The summed E-state index contributed by atoms with van der Waals surface area (Å²) in [4.78, 5) is 56.3. The maximum atomic E-state index is 13.9. The molecule has 2 heterocycles. The molecule has 0 saturated carbocycles. The van der Waals surface area contributed by atoms with E-state index in [9.17, 15) is 19.2 Å². The van der Waals surface area contributed by atoms with Crippen LogP contribution < -0.4 is 15.1 Å². The van der Waals surface area contributed by atoms with Gasteiger partial charge in [0.25, 0.3) is 5.91 Å². The van der Waals surface area contributed by atoms with Crippen LogP contribution in [0.2, 0.25) is 0 Å². The molecule has 2 aromatic carbocycles. The summed E-state index contributed by atoms with van der Waals surface area (Å²) < 4.78 is 5.49. The number of benzene rings is 2. The second-order valence-corrected chi connectivity index (χ2v) is 9.49. The zero-order chi connectivity index (χ0) is 24.3. The molecular formula is C25H27N3O5. The quantitative estimate of drug-likeness (QED) is 0.759. The molecule has 2 aliphatic rings. The van der Waals surface area contributed by atoms with Crippen LogP contribution in [-0.4, -0.2) is 42.4 Å². The van der Waals surface area contributed by atoms with Crippen LogP contribution in [0.4, 0.5) is 16.2 Å². The molecule has 0 radical (unpaired) electrons. The molecular weight excluding hydrogens is 422 g/mol. The molecule has 172 valence electrons. The van der Waals surface area contributed by atoms with Crippen molar-refractivity contribution in [3.8, 4) is 0 Å². The standard InChI is InChI=1S/C25H27N3O5/c1-14-11-12-19-17(13-14)25(22(31)27(19)6,26-23(32)33-24(3,4)5)21-20(30)16-9-7-8-10-18(16)28(21)15(2)29/h7-13,21H,1-6H3,(H,26,32)/t21-,25+/m1/s1. The maximum Gasteiger partial charge on any atom is 0.408 e.